The van der Waals surface area contributed by atoms with Gasteiger partial charge in [0, 0.05) is 31.9 Å². The van der Waals surface area contributed by atoms with Crippen LogP contribution < -0.4 is 16.2 Å². The first-order valence-electron chi connectivity index (χ1n) is 7.28. The summed E-state index contributed by atoms with van der Waals surface area (Å²) in [6.07, 6.45) is 0. The maximum Gasteiger partial charge on any atom is 0.251 e. The minimum atomic E-state index is -0.225. The fraction of sp³-hybridized carbons (Fsp3) is 0.533. The van der Waals surface area contributed by atoms with E-state index in [2.05, 4.69) is 15.2 Å². The Bertz CT molecular complexity index is 469. The number of nitrogens with zero attached hydrogens (tertiary/aromatic N) is 2. The second-order valence-corrected chi connectivity index (χ2v) is 5.70. The summed E-state index contributed by atoms with van der Waals surface area (Å²) in [6, 6.07) is 6.32. The highest BCUT2D eigenvalue weighted by Gasteiger charge is 2.31. The van der Waals surface area contributed by atoms with Crippen LogP contribution >= 0.6 is 0 Å². The van der Waals surface area contributed by atoms with E-state index in [0.717, 1.165) is 31.9 Å². The standard InChI is InChI=1S/C15H23FN4O/c1-11(2)14(15(21)18-17)20-9-7-19(8-10-20)13-5-3-12(16)4-6-13/h3-6,11,14H,7-10,17H2,1-2H3,(H,18,21). The van der Waals surface area contributed by atoms with Crippen LogP contribution in [-0.4, -0.2) is 43.0 Å². The molecular weight excluding hydrogens is 271 g/mol. The summed E-state index contributed by atoms with van der Waals surface area (Å²) in [7, 11) is 0. The number of benzene rings is 1. The van der Waals surface area contributed by atoms with Gasteiger partial charge in [0.1, 0.15) is 5.82 Å². The van der Waals surface area contributed by atoms with Crippen molar-refractivity contribution in [2.24, 2.45) is 11.8 Å². The van der Waals surface area contributed by atoms with Gasteiger partial charge in [0.2, 0.25) is 0 Å². The molecule has 116 valence electrons. The molecule has 0 bridgehead atoms. The molecule has 1 amide bonds. The lowest BCUT2D eigenvalue weighted by Crippen LogP contribution is -2.57. The number of carbonyl (C=O) groups excluding carboxylic acids is 1. The highest BCUT2D eigenvalue weighted by atomic mass is 19.1. The van der Waals surface area contributed by atoms with Gasteiger partial charge in [0.25, 0.3) is 5.91 Å². The molecule has 0 aliphatic carbocycles. The van der Waals surface area contributed by atoms with Gasteiger partial charge in [-0.05, 0) is 30.2 Å². The Kier molecular flexibility index (Phi) is 5.14. The molecule has 1 saturated heterocycles. The molecule has 0 radical (unpaired) electrons. The number of nitrogens with one attached hydrogen (secondary N) is 1. The van der Waals surface area contributed by atoms with Crippen molar-refractivity contribution in [1.82, 2.24) is 10.3 Å². The van der Waals surface area contributed by atoms with Crippen LogP contribution in [0, 0.1) is 11.7 Å². The fourth-order valence-electron chi connectivity index (χ4n) is 2.89. The Hall–Kier alpha value is -1.66. The number of hydrogen-bond acceptors (Lipinski definition) is 4. The molecule has 1 fully saturated rings. The number of hydrazine groups is 1. The van der Waals surface area contributed by atoms with E-state index in [-0.39, 0.29) is 23.7 Å². The third kappa shape index (κ3) is 3.71. The summed E-state index contributed by atoms with van der Waals surface area (Å²) in [4.78, 5) is 16.3. The van der Waals surface area contributed by atoms with Crippen molar-refractivity contribution in [1.29, 1.82) is 0 Å². The van der Waals surface area contributed by atoms with Crippen LogP contribution in [0.2, 0.25) is 0 Å². The van der Waals surface area contributed by atoms with E-state index in [1.54, 1.807) is 12.1 Å². The van der Waals surface area contributed by atoms with Gasteiger partial charge in [-0.2, -0.15) is 0 Å². The van der Waals surface area contributed by atoms with Crippen LogP contribution in [-0.2, 0) is 4.79 Å². The number of nitrogens with two attached hydrogens (primary N) is 1. The number of rotatable bonds is 4. The molecule has 1 aliphatic heterocycles. The van der Waals surface area contributed by atoms with Gasteiger partial charge < -0.3 is 4.90 Å². The molecule has 1 aromatic rings. The summed E-state index contributed by atoms with van der Waals surface area (Å²) < 4.78 is 13.0. The van der Waals surface area contributed by atoms with Crippen molar-refractivity contribution in [3.8, 4) is 0 Å². The molecule has 1 aromatic carbocycles. The molecule has 1 heterocycles. The average molecular weight is 294 g/mol. The van der Waals surface area contributed by atoms with Crippen LogP contribution in [0.4, 0.5) is 10.1 Å². The van der Waals surface area contributed by atoms with E-state index >= 15 is 0 Å². The predicted octanol–water partition coefficient (Wildman–Crippen LogP) is 0.962. The second-order valence-electron chi connectivity index (χ2n) is 5.70. The van der Waals surface area contributed by atoms with E-state index in [9.17, 15) is 9.18 Å². The third-order valence-electron chi connectivity index (χ3n) is 3.94. The van der Waals surface area contributed by atoms with Crippen molar-refractivity contribution in [2.75, 3.05) is 31.1 Å². The quantitative estimate of drug-likeness (QED) is 0.493. The number of halogens is 1. The Labute approximate surface area is 124 Å². The molecule has 3 N–H and O–H groups in total. The van der Waals surface area contributed by atoms with Gasteiger partial charge in [-0.25, -0.2) is 10.2 Å². The second kappa shape index (κ2) is 6.87. The first-order chi connectivity index (χ1) is 10.0. The molecule has 0 spiro atoms. The van der Waals surface area contributed by atoms with Crippen molar-refractivity contribution in [3.05, 3.63) is 30.1 Å². The molecule has 0 saturated carbocycles. The molecule has 2 rings (SSSR count). The molecule has 21 heavy (non-hydrogen) atoms. The third-order valence-corrected chi connectivity index (χ3v) is 3.94. The Balaban J connectivity index is 1.98. The van der Waals surface area contributed by atoms with Crippen LogP contribution in [0.5, 0.6) is 0 Å². The van der Waals surface area contributed by atoms with Gasteiger partial charge in [0.05, 0.1) is 6.04 Å². The van der Waals surface area contributed by atoms with E-state index < -0.39 is 0 Å². The van der Waals surface area contributed by atoms with E-state index in [1.807, 2.05) is 13.8 Å². The average Bonchev–Trinajstić information content (AvgIpc) is 2.48. The van der Waals surface area contributed by atoms with Crippen molar-refractivity contribution < 1.29 is 9.18 Å². The smallest absolute Gasteiger partial charge is 0.251 e. The zero-order valence-corrected chi connectivity index (χ0v) is 12.6. The van der Waals surface area contributed by atoms with E-state index in [1.165, 1.54) is 12.1 Å². The van der Waals surface area contributed by atoms with Crippen LogP contribution in [0.15, 0.2) is 24.3 Å². The predicted molar refractivity (Wildman–Crippen MR) is 81.1 cm³/mol. The van der Waals surface area contributed by atoms with Gasteiger partial charge in [-0.15, -0.1) is 0 Å². The Morgan fingerprint density at radius 1 is 1.19 bits per heavy atom. The summed E-state index contributed by atoms with van der Waals surface area (Å²) in [5.74, 6) is 5.11. The monoisotopic (exact) mass is 294 g/mol. The van der Waals surface area contributed by atoms with Crippen molar-refractivity contribution in [3.63, 3.8) is 0 Å². The molecule has 5 nitrogen and oxygen atoms in total. The van der Waals surface area contributed by atoms with Crippen molar-refractivity contribution >= 4 is 11.6 Å². The van der Waals surface area contributed by atoms with Crippen LogP contribution in [0.3, 0.4) is 0 Å². The highest BCUT2D eigenvalue weighted by molar-refractivity contribution is 5.81. The number of anilines is 1. The lowest BCUT2D eigenvalue weighted by molar-refractivity contribution is -0.128. The first-order valence-corrected chi connectivity index (χ1v) is 7.28. The van der Waals surface area contributed by atoms with Gasteiger partial charge >= 0.3 is 0 Å². The summed E-state index contributed by atoms with van der Waals surface area (Å²) in [6.45, 7) is 7.24. The lowest BCUT2D eigenvalue weighted by Gasteiger charge is -2.40. The zero-order valence-electron chi connectivity index (χ0n) is 12.6. The van der Waals surface area contributed by atoms with Gasteiger partial charge in [0.15, 0.2) is 0 Å². The minimum absolute atomic E-state index is 0.139. The molecule has 1 unspecified atom stereocenters. The molecule has 1 aliphatic rings. The first kappa shape index (κ1) is 15.7. The summed E-state index contributed by atoms with van der Waals surface area (Å²) in [5.41, 5.74) is 3.27. The number of hydrogen-bond donors (Lipinski definition) is 2. The van der Waals surface area contributed by atoms with E-state index in [0.29, 0.717) is 0 Å². The molecular formula is C15H23FN4O. The van der Waals surface area contributed by atoms with Gasteiger partial charge in [-0.1, -0.05) is 13.8 Å². The summed E-state index contributed by atoms with van der Waals surface area (Å²) >= 11 is 0. The van der Waals surface area contributed by atoms with Crippen LogP contribution in [0.1, 0.15) is 13.8 Å². The summed E-state index contributed by atoms with van der Waals surface area (Å²) in [5, 5.41) is 0. The highest BCUT2D eigenvalue weighted by Crippen LogP contribution is 2.19. The molecule has 6 heteroatoms. The minimum Gasteiger partial charge on any atom is -0.369 e. The topological polar surface area (TPSA) is 61.6 Å². The Morgan fingerprint density at radius 2 is 1.76 bits per heavy atom. The largest absolute Gasteiger partial charge is 0.369 e. The fourth-order valence-corrected chi connectivity index (χ4v) is 2.89. The zero-order chi connectivity index (χ0) is 15.4. The lowest BCUT2D eigenvalue weighted by atomic mass is 10.0. The maximum atomic E-state index is 13.0. The molecule has 1 atom stereocenters. The number of piperazine rings is 1. The number of amides is 1. The molecule has 0 aromatic heterocycles. The maximum absolute atomic E-state index is 13.0. The Morgan fingerprint density at radius 3 is 2.24 bits per heavy atom. The SMILES string of the molecule is CC(C)C(C(=O)NN)N1CCN(c2ccc(F)cc2)CC1. The van der Waals surface area contributed by atoms with Crippen molar-refractivity contribution in [2.45, 2.75) is 19.9 Å². The van der Waals surface area contributed by atoms with E-state index in [4.69, 9.17) is 5.84 Å². The van der Waals surface area contributed by atoms with Crippen LogP contribution in [0.25, 0.3) is 0 Å². The number of carbonyl (C=O) groups is 1. The van der Waals surface area contributed by atoms with Gasteiger partial charge in [-0.3, -0.25) is 15.1 Å². The normalized spacial score (nSPS) is 17.9.